The van der Waals surface area contributed by atoms with Crippen molar-refractivity contribution in [3.05, 3.63) is 29.3 Å². The minimum Gasteiger partial charge on any atom is -0.486 e. The number of nitrogens with two attached hydrogens (primary N) is 1. The van der Waals surface area contributed by atoms with Gasteiger partial charge in [0, 0.05) is 11.1 Å². The predicted octanol–water partition coefficient (Wildman–Crippen LogP) is 1.99. The summed E-state index contributed by atoms with van der Waals surface area (Å²) >= 11 is 5.76. The van der Waals surface area contributed by atoms with Crippen molar-refractivity contribution < 1.29 is 4.74 Å². The first kappa shape index (κ1) is 12.8. The average molecular weight is 242 g/mol. The van der Waals surface area contributed by atoms with E-state index < -0.39 is 0 Å². The van der Waals surface area contributed by atoms with Crippen LogP contribution in [-0.4, -0.2) is 18.5 Å². The molecule has 0 aromatic heterocycles. The summed E-state index contributed by atoms with van der Waals surface area (Å²) in [5, 5.41) is 0.681. The van der Waals surface area contributed by atoms with Crippen molar-refractivity contribution in [3.8, 4) is 5.75 Å². The lowest BCUT2D eigenvalue weighted by Gasteiger charge is -2.09. The minimum atomic E-state index is 0.180. The number of benzene rings is 1. The van der Waals surface area contributed by atoms with E-state index in [-0.39, 0.29) is 6.04 Å². The number of rotatable bonds is 4. The third kappa shape index (κ3) is 4.51. The number of halogens is 1. The van der Waals surface area contributed by atoms with Crippen LogP contribution in [0.4, 0.5) is 0 Å². The van der Waals surface area contributed by atoms with Crippen molar-refractivity contribution in [1.82, 2.24) is 5.43 Å². The van der Waals surface area contributed by atoms with Gasteiger partial charge >= 0.3 is 0 Å². The molecule has 0 radical (unpaired) electrons. The van der Waals surface area contributed by atoms with E-state index in [0.29, 0.717) is 17.5 Å². The van der Waals surface area contributed by atoms with Gasteiger partial charge in [-0.25, -0.2) is 5.84 Å². The fraction of sp³-hybridized carbons (Fsp3) is 0.364. The Morgan fingerprint density at radius 3 is 2.56 bits per heavy atom. The maximum atomic E-state index is 5.76. The molecular weight excluding hydrogens is 226 g/mol. The highest BCUT2D eigenvalue weighted by Gasteiger charge is 2.00. The average Bonchev–Trinajstić information content (AvgIpc) is 2.26. The van der Waals surface area contributed by atoms with Crippen LogP contribution in [0.3, 0.4) is 0 Å². The molecule has 0 spiro atoms. The standard InChI is InChI=1S/C11H16ClN3O/c1-8(2)14-11(15-13)7-16-10-5-3-9(12)4-6-10/h3-6,8H,7,13H2,1-2H3,(H,14,15). The lowest BCUT2D eigenvalue weighted by molar-refractivity contribution is 0.371. The number of hydrogen-bond donors (Lipinski definition) is 2. The summed E-state index contributed by atoms with van der Waals surface area (Å²) in [4.78, 5) is 4.26. The van der Waals surface area contributed by atoms with Gasteiger partial charge in [-0.1, -0.05) is 11.6 Å². The SMILES string of the molecule is CC(C)N=C(COc1ccc(Cl)cc1)NN. The molecule has 1 aromatic rings. The minimum absolute atomic E-state index is 0.180. The summed E-state index contributed by atoms with van der Waals surface area (Å²) in [7, 11) is 0. The van der Waals surface area contributed by atoms with Crippen molar-refractivity contribution in [2.24, 2.45) is 10.8 Å². The third-order valence-corrected chi connectivity index (χ3v) is 2.02. The molecule has 1 aromatic carbocycles. The Morgan fingerprint density at radius 1 is 1.44 bits per heavy atom. The van der Waals surface area contributed by atoms with Gasteiger partial charge in [-0.2, -0.15) is 0 Å². The van der Waals surface area contributed by atoms with E-state index in [1.54, 1.807) is 24.3 Å². The molecule has 0 aliphatic carbocycles. The molecule has 0 saturated heterocycles. The van der Waals surface area contributed by atoms with Crippen LogP contribution in [0.1, 0.15) is 13.8 Å². The first-order valence-electron chi connectivity index (χ1n) is 5.03. The van der Waals surface area contributed by atoms with E-state index in [2.05, 4.69) is 10.4 Å². The summed E-state index contributed by atoms with van der Waals surface area (Å²) in [5.74, 6) is 6.68. The van der Waals surface area contributed by atoms with Crippen LogP contribution in [0.5, 0.6) is 5.75 Å². The number of aliphatic imine (C=N–C) groups is 1. The molecule has 88 valence electrons. The Labute approximate surface area is 100 Å². The van der Waals surface area contributed by atoms with E-state index in [0.717, 1.165) is 5.75 Å². The van der Waals surface area contributed by atoms with Crippen molar-refractivity contribution in [2.45, 2.75) is 19.9 Å². The number of ether oxygens (including phenoxy) is 1. The molecule has 0 bridgehead atoms. The Kier molecular flexibility index (Phi) is 5.08. The van der Waals surface area contributed by atoms with Crippen molar-refractivity contribution in [2.75, 3.05) is 6.61 Å². The Hall–Kier alpha value is -1.26. The number of amidine groups is 1. The second-order valence-corrected chi connectivity index (χ2v) is 3.99. The molecule has 0 amide bonds. The largest absolute Gasteiger partial charge is 0.486 e. The van der Waals surface area contributed by atoms with Gasteiger partial charge in [0.25, 0.3) is 0 Å². The van der Waals surface area contributed by atoms with Gasteiger partial charge in [-0.15, -0.1) is 0 Å². The van der Waals surface area contributed by atoms with Crippen molar-refractivity contribution in [3.63, 3.8) is 0 Å². The van der Waals surface area contributed by atoms with Crippen LogP contribution < -0.4 is 16.0 Å². The van der Waals surface area contributed by atoms with Crippen LogP contribution >= 0.6 is 11.6 Å². The van der Waals surface area contributed by atoms with Gasteiger partial charge in [0.15, 0.2) is 0 Å². The molecule has 3 N–H and O–H groups in total. The van der Waals surface area contributed by atoms with Crippen LogP contribution in [-0.2, 0) is 0 Å². The first-order chi connectivity index (χ1) is 7.61. The zero-order valence-corrected chi connectivity index (χ0v) is 10.2. The van der Waals surface area contributed by atoms with Gasteiger partial charge in [-0.3, -0.25) is 4.99 Å². The molecule has 4 nitrogen and oxygen atoms in total. The van der Waals surface area contributed by atoms with Crippen LogP contribution in [0, 0.1) is 0 Å². The van der Waals surface area contributed by atoms with Crippen LogP contribution in [0.15, 0.2) is 29.3 Å². The van der Waals surface area contributed by atoms with Crippen LogP contribution in [0.25, 0.3) is 0 Å². The number of hydrogen-bond acceptors (Lipinski definition) is 3. The molecule has 0 unspecified atom stereocenters. The lowest BCUT2D eigenvalue weighted by atomic mass is 10.3. The highest BCUT2D eigenvalue weighted by Crippen LogP contribution is 2.15. The molecule has 0 heterocycles. The Balaban J connectivity index is 2.53. The molecule has 0 aliphatic rings. The van der Waals surface area contributed by atoms with Gasteiger partial charge in [0.1, 0.15) is 18.2 Å². The summed E-state index contributed by atoms with van der Waals surface area (Å²) in [6.45, 7) is 4.26. The number of hydrazine groups is 1. The second kappa shape index (κ2) is 6.35. The van der Waals surface area contributed by atoms with Crippen molar-refractivity contribution >= 4 is 17.4 Å². The maximum Gasteiger partial charge on any atom is 0.149 e. The maximum absolute atomic E-state index is 5.76. The highest BCUT2D eigenvalue weighted by atomic mass is 35.5. The Bertz CT molecular complexity index is 349. The second-order valence-electron chi connectivity index (χ2n) is 3.56. The predicted molar refractivity (Wildman–Crippen MR) is 66.8 cm³/mol. The monoisotopic (exact) mass is 241 g/mol. The number of nitrogens with one attached hydrogen (secondary N) is 1. The van der Waals surface area contributed by atoms with E-state index >= 15 is 0 Å². The van der Waals surface area contributed by atoms with Crippen molar-refractivity contribution in [1.29, 1.82) is 0 Å². The summed E-state index contributed by atoms with van der Waals surface area (Å²) < 4.78 is 5.48. The summed E-state index contributed by atoms with van der Waals surface area (Å²) in [6.07, 6.45) is 0. The van der Waals surface area contributed by atoms with Gasteiger partial charge < -0.3 is 10.2 Å². The fourth-order valence-electron chi connectivity index (χ4n) is 1.11. The third-order valence-electron chi connectivity index (χ3n) is 1.77. The molecule has 5 heteroatoms. The first-order valence-corrected chi connectivity index (χ1v) is 5.41. The van der Waals surface area contributed by atoms with E-state index in [1.807, 2.05) is 13.8 Å². The summed E-state index contributed by atoms with van der Waals surface area (Å²) in [5.41, 5.74) is 2.51. The molecule has 1 rings (SSSR count). The molecule has 0 atom stereocenters. The Morgan fingerprint density at radius 2 is 2.06 bits per heavy atom. The number of nitrogens with zero attached hydrogens (tertiary/aromatic N) is 1. The smallest absolute Gasteiger partial charge is 0.149 e. The molecule has 16 heavy (non-hydrogen) atoms. The molecule has 0 saturated carbocycles. The topological polar surface area (TPSA) is 59.6 Å². The van der Waals surface area contributed by atoms with Gasteiger partial charge in [0.2, 0.25) is 0 Å². The van der Waals surface area contributed by atoms with E-state index in [1.165, 1.54) is 0 Å². The van der Waals surface area contributed by atoms with E-state index in [9.17, 15) is 0 Å². The molecular formula is C11H16ClN3O. The molecule has 0 aliphatic heterocycles. The van der Waals surface area contributed by atoms with Crippen LogP contribution in [0.2, 0.25) is 5.02 Å². The normalized spacial score (nSPS) is 11.7. The summed E-state index contributed by atoms with van der Waals surface area (Å²) in [6, 6.07) is 7.32. The lowest BCUT2D eigenvalue weighted by Crippen LogP contribution is -2.35. The van der Waals surface area contributed by atoms with Gasteiger partial charge in [-0.05, 0) is 38.1 Å². The zero-order valence-electron chi connectivity index (χ0n) is 9.40. The molecule has 0 fully saturated rings. The quantitative estimate of drug-likeness (QED) is 0.367. The van der Waals surface area contributed by atoms with E-state index in [4.69, 9.17) is 22.2 Å². The zero-order chi connectivity index (χ0) is 12.0. The highest BCUT2D eigenvalue weighted by molar-refractivity contribution is 6.30. The fourth-order valence-corrected chi connectivity index (χ4v) is 1.24. The van der Waals surface area contributed by atoms with Gasteiger partial charge in [0.05, 0.1) is 0 Å².